The molecule has 1 aromatic heterocycles. The van der Waals surface area contributed by atoms with E-state index in [0.717, 1.165) is 27.7 Å². The van der Waals surface area contributed by atoms with Gasteiger partial charge in [-0.1, -0.05) is 39.3 Å². The van der Waals surface area contributed by atoms with Crippen molar-refractivity contribution in [2.24, 2.45) is 5.41 Å². The Morgan fingerprint density at radius 3 is 2.58 bits per heavy atom. The van der Waals surface area contributed by atoms with Gasteiger partial charge in [0.25, 0.3) is 0 Å². The molecule has 0 fully saturated rings. The van der Waals surface area contributed by atoms with Crippen molar-refractivity contribution in [1.82, 2.24) is 5.32 Å². The van der Waals surface area contributed by atoms with Gasteiger partial charge >= 0.3 is 0 Å². The fraction of sp³-hybridized carbons (Fsp3) is 0.467. The lowest BCUT2D eigenvalue weighted by Gasteiger charge is -2.29. The summed E-state index contributed by atoms with van der Waals surface area (Å²) in [5.74, 6) is 0.951. The Balaban J connectivity index is 2.52. The van der Waals surface area contributed by atoms with E-state index >= 15 is 0 Å². The molecule has 1 unspecified atom stereocenters. The Morgan fingerprint density at radius 2 is 2.00 bits per heavy atom. The molecule has 1 atom stereocenters. The molecule has 0 radical (unpaired) electrons. The van der Waals surface area contributed by atoms with Gasteiger partial charge in [0.2, 0.25) is 0 Å². The van der Waals surface area contributed by atoms with Gasteiger partial charge in [0.15, 0.2) is 0 Å². The largest absolute Gasteiger partial charge is 0.458 e. The van der Waals surface area contributed by atoms with E-state index in [-0.39, 0.29) is 11.5 Å². The normalized spacial score (nSPS) is 14.0. The molecule has 0 bridgehead atoms. The third-order valence-corrected chi connectivity index (χ3v) is 3.92. The highest BCUT2D eigenvalue weighted by Crippen LogP contribution is 2.38. The lowest BCUT2D eigenvalue weighted by Crippen LogP contribution is -2.31. The zero-order chi connectivity index (χ0) is 14.2. The van der Waals surface area contributed by atoms with Crippen LogP contribution >= 0.6 is 27.5 Å². The van der Waals surface area contributed by atoms with E-state index in [1.54, 1.807) is 0 Å². The third-order valence-electron chi connectivity index (χ3n) is 3.11. The van der Waals surface area contributed by atoms with Crippen LogP contribution in [0.2, 0.25) is 5.02 Å². The van der Waals surface area contributed by atoms with Crippen LogP contribution in [-0.2, 0) is 0 Å². The van der Waals surface area contributed by atoms with E-state index in [9.17, 15) is 0 Å². The summed E-state index contributed by atoms with van der Waals surface area (Å²) >= 11 is 9.58. The zero-order valence-electron chi connectivity index (χ0n) is 11.7. The van der Waals surface area contributed by atoms with Crippen LogP contribution in [0, 0.1) is 5.41 Å². The fourth-order valence-corrected chi connectivity index (χ4v) is 3.19. The number of hydrogen-bond donors (Lipinski definition) is 1. The number of furan rings is 1. The van der Waals surface area contributed by atoms with Crippen LogP contribution in [0.1, 0.15) is 39.5 Å². The second kappa shape index (κ2) is 5.47. The van der Waals surface area contributed by atoms with E-state index in [4.69, 9.17) is 16.0 Å². The Hall–Kier alpha value is -0.510. The molecule has 2 nitrogen and oxygen atoms in total. The smallest absolute Gasteiger partial charge is 0.148 e. The summed E-state index contributed by atoms with van der Waals surface area (Å²) < 4.78 is 6.92. The van der Waals surface area contributed by atoms with E-state index in [2.05, 4.69) is 55.0 Å². The first kappa shape index (κ1) is 14.9. The maximum atomic E-state index is 6.08. The van der Waals surface area contributed by atoms with Gasteiger partial charge in [-0.25, -0.2) is 0 Å². The summed E-state index contributed by atoms with van der Waals surface area (Å²) in [5.41, 5.74) is 0.937. The monoisotopic (exact) mass is 343 g/mol. The first-order valence-corrected chi connectivity index (χ1v) is 7.62. The fourth-order valence-electron chi connectivity index (χ4n) is 2.28. The molecule has 0 aliphatic carbocycles. The van der Waals surface area contributed by atoms with Crippen molar-refractivity contribution in [3.8, 4) is 0 Å². The summed E-state index contributed by atoms with van der Waals surface area (Å²) in [6.45, 7) is 9.62. The number of halogens is 2. The minimum Gasteiger partial charge on any atom is -0.458 e. The molecule has 0 aliphatic rings. The molecule has 0 amide bonds. The SMILES string of the molecule is CCNC(c1cc2cc(Cl)cc(Br)c2o1)C(C)(C)C. The number of hydrogen-bond acceptors (Lipinski definition) is 2. The van der Waals surface area contributed by atoms with Gasteiger partial charge < -0.3 is 9.73 Å². The van der Waals surface area contributed by atoms with Crippen LogP contribution in [0.25, 0.3) is 11.0 Å². The van der Waals surface area contributed by atoms with Crippen molar-refractivity contribution in [3.63, 3.8) is 0 Å². The molecule has 0 saturated heterocycles. The molecule has 0 spiro atoms. The molecule has 1 N–H and O–H groups in total. The van der Waals surface area contributed by atoms with Crippen molar-refractivity contribution in [1.29, 1.82) is 0 Å². The van der Waals surface area contributed by atoms with E-state index < -0.39 is 0 Å². The summed E-state index contributed by atoms with van der Waals surface area (Å²) in [6, 6.07) is 6.04. The van der Waals surface area contributed by atoms with Crippen molar-refractivity contribution in [2.75, 3.05) is 6.54 Å². The zero-order valence-corrected chi connectivity index (χ0v) is 14.0. The molecule has 0 aliphatic heterocycles. The molecule has 2 rings (SSSR count). The molecule has 19 heavy (non-hydrogen) atoms. The van der Waals surface area contributed by atoms with E-state index in [0.29, 0.717) is 5.02 Å². The maximum Gasteiger partial charge on any atom is 0.148 e. The van der Waals surface area contributed by atoms with Crippen molar-refractivity contribution < 1.29 is 4.42 Å². The maximum absolute atomic E-state index is 6.08. The van der Waals surface area contributed by atoms with Crippen LogP contribution in [-0.4, -0.2) is 6.54 Å². The standard InChI is InChI=1S/C15H19BrClNO/c1-5-18-14(15(2,3)4)12-7-9-6-10(17)8-11(16)13(9)19-12/h6-8,14,18H,5H2,1-4H3. The molecule has 1 aromatic carbocycles. The third kappa shape index (κ3) is 3.15. The van der Waals surface area contributed by atoms with Crippen LogP contribution in [0.15, 0.2) is 27.1 Å². The predicted octanol–water partition coefficient (Wildman–Crippen LogP) is 5.55. The highest BCUT2D eigenvalue weighted by molar-refractivity contribution is 9.10. The van der Waals surface area contributed by atoms with Crippen molar-refractivity contribution in [2.45, 2.75) is 33.7 Å². The highest BCUT2D eigenvalue weighted by Gasteiger charge is 2.28. The second-order valence-corrected chi connectivity index (χ2v) is 7.10. The van der Waals surface area contributed by atoms with Crippen LogP contribution in [0.5, 0.6) is 0 Å². The number of rotatable bonds is 3. The number of nitrogens with one attached hydrogen (secondary N) is 1. The average molecular weight is 345 g/mol. The summed E-state index contributed by atoms with van der Waals surface area (Å²) in [6.07, 6.45) is 0. The summed E-state index contributed by atoms with van der Waals surface area (Å²) in [4.78, 5) is 0. The molecular formula is C15H19BrClNO. The van der Waals surface area contributed by atoms with Crippen molar-refractivity contribution in [3.05, 3.63) is 33.5 Å². The molecular weight excluding hydrogens is 326 g/mol. The minimum atomic E-state index is 0.0835. The lowest BCUT2D eigenvalue weighted by molar-refractivity contribution is 0.244. The first-order valence-electron chi connectivity index (χ1n) is 6.44. The van der Waals surface area contributed by atoms with Gasteiger partial charge in [-0.3, -0.25) is 0 Å². The molecule has 0 saturated carbocycles. The first-order chi connectivity index (χ1) is 8.82. The van der Waals surface area contributed by atoms with Crippen LogP contribution in [0.3, 0.4) is 0 Å². The van der Waals surface area contributed by atoms with E-state index in [1.807, 2.05) is 12.1 Å². The van der Waals surface area contributed by atoms with Crippen molar-refractivity contribution >= 4 is 38.5 Å². The van der Waals surface area contributed by atoms with Crippen LogP contribution in [0.4, 0.5) is 0 Å². The number of fused-ring (bicyclic) bond motifs is 1. The molecule has 104 valence electrons. The minimum absolute atomic E-state index is 0.0835. The number of benzene rings is 1. The Labute approximate surface area is 127 Å². The highest BCUT2D eigenvalue weighted by atomic mass is 79.9. The van der Waals surface area contributed by atoms with Gasteiger partial charge in [-0.15, -0.1) is 0 Å². The average Bonchev–Trinajstić information content (AvgIpc) is 2.67. The van der Waals surface area contributed by atoms with Crippen LogP contribution < -0.4 is 5.32 Å². The van der Waals surface area contributed by atoms with Gasteiger partial charge in [-0.05, 0) is 46.1 Å². The summed E-state index contributed by atoms with van der Waals surface area (Å²) in [7, 11) is 0. The topological polar surface area (TPSA) is 25.2 Å². The molecule has 4 heteroatoms. The lowest BCUT2D eigenvalue weighted by atomic mass is 9.85. The van der Waals surface area contributed by atoms with Gasteiger partial charge in [-0.2, -0.15) is 0 Å². The quantitative estimate of drug-likeness (QED) is 0.790. The Morgan fingerprint density at radius 1 is 1.32 bits per heavy atom. The molecule has 1 heterocycles. The summed E-state index contributed by atoms with van der Waals surface area (Å²) in [5, 5.41) is 5.23. The van der Waals surface area contributed by atoms with E-state index in [1.165, 1.54) is 0 Å². The molecule has 2 aromatic rings. The Bertz CT molecular complexity index is 586. The predicted molar refractivity (Wildman–Crippen MR) is 84.8 cm³/mol. The van der Waals surface area contributed by atoms with Gasteiger partial charge in [0.05, 0.1) is 10.5 Å². The van der Waals surface area contributed by atoms with Gasteiger partial charge in [0, 0.05) is 10.4 Å². The Kier molecular flexibility index (Phi) is 4.29. The van der Waals surface area contributed by atoms with Gasteiger partial charge in [0.1, 0.15) is 11.3 Å². The second-order valence-electron chi connectivity index (χ2n) is 5.81.